The monoisotopic (exact) mass is 220 g/mol. The first-order chi connectivity index (χ1) is 7.20. The maximum atomic E-state index is 5.97. The highest BCUT2D eigenvalue weighted by molar-refractivity contribution is 6.30. The van der Waals surface area contributed by atoms with Gasteiger partial charge >= 0.3 is 0 Å². The Balaban J connectivity index is 2.52. The zero-order valence-corrected chi connectivity index (χ0v) is 9.62. The van der Waals surface area contributed by atoms with Crippen LogP contribution in [0.2, 0.25) is 5.02 Å². The SMILES string of the molecule is CCc1cc(Cl)ccc1-c1cnn(C)c1. The van der Waals surface area contributed by atoms with Gasteiger partial charge in [-0.25, -0.2) is 0 Å². The van der Waals surface area contributed by atoms with Gasteiger partial charge in [0.2, 0.25) is 0 Å². The average Bonchev–Trinajstić information content (AvgIpc) is 2.64. The summed E-state index contributed by atoms with van der Waals surface area (Å²) >= 11 is 5.97. The van der Waals surface area contributed by atoms with E-state index in [1.54, 1.807) is 0 Å². The zero-order valence-electron chi connectivity index (χ0n) is 8.87. The number of hydrogen-bond acceptors (Lipinski definition) is 1. The molecule has 2 rings (SSSR count). The molecule has 0 fully saturated rings. The topological polar surface area (TPSA) is 17.8 Å². The van der Waals surface area contributed by atoms with Crippen molar-refractivity contribution in [1.29, 1.82) is 0 Å². The van der Waals surface area contributed by atoms with Gasteiger partial charge in [0, 0.05) is 23.8 Å². The van der Waals surface area contributed by atoms with E-state index in [4.69, 9.17) is 11.6 Å². The van der Waals surface area contributed by atoms with Gasteiger partial charge in [0.1, 0.15) is 0 Å². The number of aromatic nitrogens is 2. The number of aryl methyl sites for hydroxylation is 2. The van der Waals surface area contributed by atoms with Gasteiger partial charge in [0.25, 0.3) is 0 Å². The Morgan fingerprint density at radius 3 is 2.80 bits per heavy atom. The van der Waals surface area contributed by atoms with Crippen LogP contribution >= 0.6 is 11.6 Å². The molecule has 15 heavy (non-hydrogen) atoms. The molecule has 1 aromatic heterocycles. The molecule has 0 atom stereocenters. The third-order valence-corrected chi connectivity index (χ3v) is 2.70. The second kappa shape index (κ2) is 4.07. The maximum Gasteiger partial charge on any atom is 0.0568 e. The summed E-state index contributed by atoms with van der Waals surface area (Å²) in [5.41, 5.74) is 3.62. The minimum atomic E-state index is 0.791. The van der Waals surface area contributed by atoms with Gasteiger partial charge in [-0.05, 0) is 29.7 Å². The molecular weight excluding hydrogens is 208 g/mol. The summed E-state index contributed by atoms with van der Waals surface area (Å²) in [6.45, 7) is 2.13. The van der Waals surface area contributed by atoms with Gasteiger partial charge in [-0.1, -0.05) is 24.6 Å². The lowest BCUT2D eigenvalue weighted by molar-refractivity contribution is 0.768. The Bertz CT molecular complexity index is 474. The number of halogens is 1. The molecule has 0 saturated carbocycles. The predicted molar refractivity (Wildman–Crippen MR) is 63.0 cm³/mol. The lowest BCUT2D eigenvalue weighted by Gasteiger charge is -2.05. The van der Waals surface area contributed by atoms with Gasteiger partial charge in [0.05, 0.1) is 6.20 Å². The van der Waals surface area contributed by atoms with Crippen molar-refractivity contribution in [3.63, 3.8) is 0 Å². The first-order valence-corrected chi connectivity index (χ1v) is 5.36. The molecule has 78 valence electrons. The highest BCUT2D eigenvalue weighted by Crippen LogP contribution is 2.26. The lowest BCUT2D eigenvalue weighted by atomic mass is 10.0. The summed E-state index contributed by atoms with van der Waals surface area (Å²) in [5, 5.41) is 4.97. The molecule has 0 aliphatic rings. The Morgan fingerprint density at radius 2 is 2.20 bits per heavy atom. The van der Waals surface area contributed by atoms with Crippen LogP contribution in [0.25, 0.3) is 11.1 Å². The molecule has 0 saturated heterocycles. The van der Waals surface area contributed by atoms with E-state index in [-0.39, 0.29) is 0 Å². The van der Waals surface area contributed by atoms with Crippen LogP contribution < -0.4 is 0 Å². The van der Waals surface area contributed by atoms with E-state index < -0.39 is 0 Å². The Hall–Kier alpha value is -1.28. The molecule has 0 spiro atoms. The minimum absolute atomic E-state index is 0.791. The van der Waals surface area contributed by atoms with E-state index in [0.717, 1.165) is 17.0 Å². The van der Waals surface area contributed by atoms with Gasteiger partial charge in [-0.2, -0.15) is 5.10 Å². The fraction of sp³-hybridized carbons (Fsp3) is 0.250. The van der Waals surface area contributed by atoms with Crippen LogP contribution in [0.1, 0.15) is 12.5 Å². The largest absolute Gasteiger partial charge is 0.275 e. The molecule has 0 bridgehead atoms. The van der Waals surface area contributed by atoms with Crippen LogP contribution in [0.15, 0.2) is 30.6 Å². The molecule has 0 radical (unpaired) electrons. The molecule has 2 nitrogen and oxygen atoms in total. The van der Waals surface area contributed by atoms with Crippen LogP contribution in [0.5, 0.6) is 0 Å². The summed E-state index contributed by atoms with van der Waals surface area (Å²) in [6, 6.07) is 5.99. The van der Waals surface area contributed by atoms with Crippen LogP contribution in [-0.2, 0) is 13.5 Å². The summed E-state index contributed by atoms with van der Waals surface area (Å²) < 4.78 is 1.81. The summed E-state index contributed by atoms with van der Waals surface area (Å²) in [7, 11) is 1.92. The standard InChI is InChI=1S/C12H13ClN2/c1-3-9-6-11(13)4-5-12(9)10-7-14-15(2)8-10/h4-8H,3H2,1-2H3. The number of rotatable bonds is 2. The van der Waals surface area contributed by atoms with E-state index in [1.165, 1.54) is 11.1 Å². The van der Waals surface area contributed by atoms with Crippen molar-refractivity contribution >= 4 is 11.6 Å². The Morgan fingerprint density at radius 1 is 1.40 bits per heavy atom. The minimum Gasteiger partial charge on any atom is -0.275 e. The fourth-order valence-corrected chi connectivity index (χ4v) is 1.89. The van der Waals surface area contributed by atoms with Crippen molar-refractivity contribution in [2.45, 2.75) is 13.3 Å². The molecule has 1 heterocycles. The lowest BCUT2D eigenvalue weighted by Crippen LogP contribution is -1.87. The van der Waals surface area contributed by atoms with E-state index in [0.29, 0.717) is 0 Å². The first-order valence-electron chi connectivity index (χ1n) is 4.98. The third-order valence-electron chi connectivity index (χ3n) is 2.46. The van der Waals surface area contributed by atoms with Crippen molar-refractivity contribution in [2.24, 2.45) is 7.05 Å². The van der Waals surface area contributed by atoms with Crippen LogP contribution in [0, 0.1) is 0 Å². The molecule has 2 aromatic rings. The van der Waals surface area contributed by atoms with Crippen LogP contribution in [0.3, 0.4) is 0 Å². The van der Waals surface area contributed by atoms with Gasteiger partial charge < -0.3 is 0 Å². The van der Waals surface area contributed by atoms with Crippen LogP contribution in [-0.4, -0.2) is 9.78 Å². The molecule has 3 heteroatoms. The van der Waals surface area contributed by atoms with Crippen molar-refractivity contribution in [3.05, 3.63) is 41.2 Å². The Kier molecular flexibility index (Phi) is 2.78. The quantitative estimate of drug-likeness (QED) is 0.760. The van der Waals surface area contributed by atoms with Crippen molar-refractivity contribution < 1.29 is 0 Å². The molecule has 0 N–H and O–H groups in total. The zero-order chi connectivity index (χ0) is 10.8. The molecule has 0 aliphatic heterocycles. The summed E-state index contributed by atoms with van der Waals surface area (Å²) in [6.07, 6.45) is 4.87. The van der Waals surface area contributed by atoms with Crippen LogP contribution in [0.4, 0.5) is 0 Å². The summed E-state index contributed by atoms with van der Waals surface area (Å²) in [4.78, 5) is 0. The van der Waals surface area contributed by atoms with Gasteiger partial charge in [-0.15, -0.1) is 0 Å². The first kappa shape index (κ1) is 10.2. The number of benzene rings is 1. The molecule has 1 aromatic carbocycles. The Labute approximate surface area is 94.5 Å². The smallest absolute Gasteiger partial charge is 0.0568 e. The normalized spacial score (nSPS) is 10.6. The van der Waals surface area contributed by atoms with E-state index >= 15 is 0 Å². The van der Waals surface area contributed by atoms with E-state index in [2.05, 4.69) is 18.1 Å². The fourth-order valence-electron chi connectivity index (χ4n) is 1.70. The number of nitrogens with zero attached hydrogens (tertiary/aromatic N) is 2. The van der Waals surface area contributed by atoms with Crippen molar-refractivity contribution in [3.8, 4) is 11.1 Å². The van der Waals surface area contributed by atoms with E-state index in [9.17, 15) is 0 Å². The molecule has 0 aliphatic carbocycles. The molecule has 0 amide bonds. The summed E-state index contributed by atoms with van der Waals surface area (Å²) in [5.74, 6) is 0. The molecule has 0 unspecified atom stereocenters. The van der Waals surface area contributed by atoms with Crippen molar-refractivity contribution in [2.75, 3.05) is 0 Å². The number of hydrogen-bond donors (Lipinski definition) is 0. The second-order valence-corrected chi connectivity index (χ2v) is 3.99. The highest BCUT2D eigenvalue weighted by Gasteiger charge is 2.05. The van der Waals surface area contributed by atoms with Gasteiger partial charge in [0.15, 0.2) is 0 Å². The van der Waals surface area contributed by atoms with E-state index in [1.807, 2.05) is 36.3 Å². The molecular formula is C12H13ClN2. The average molecular weight is 221 g/mol. The maximum absolute atomic E-state index is 5.97. The highest BCUT2D eigenvalue weighted by atomic mass is 35.5. The second-order valence-electron chi connectivity index (χ2n) is 3.56. The predicted octanol–water partition coefficient (Wildman–Crippen LogP) is 3.30. The third kappa shape index (κ3) is 2.05. The van der Waals surface area contributed by atoms with Gasteiger partial charge in [-0.3, -0.25) is 4.68 Å². The van der Waals surface area contributed by atoms with Crippen molar-refractivity contribution in [1.82, 2.24) is 9.78 Å².